The lowest BCUT2D eigenvalue weighted by Gasteiger charge is -2.11. The molecule has 1 aliphatic heterocycles. The number of carbonyl (C=O) groups is 1. The van der Waals surface area contributed by atoms with Crippen LogP contribution in [0.1, 0.15) is 10.8 Å². The van der Waals surface area contributed by atoms with E-state index in [-0.39, 0.29) is 4.90 Å². The van der Waals surface area contributed by atoms with Crippen LogP contribution in [0.2, 0.25) is 0 Å². The summed E-state index contributed by atoms with van der Waals surface area (Å²) in [5, 5.41) is 1.36. The van der Waals surface area contributed by atoms with Crippen LogP contribution in [0.25, 0.3) is 0 Å². The number of rotatable bonds is 3. The highest BCUT2D eigenvalue weighted by molar-refractivity contribution is 7.92. The van der Waals surface area contributed by atoms with Crippen molar-refractivity contribution in [3.05, 3.63) is 54.1 Å². The second kappa shape index (κ2) is 4.89. The highest BCUT2D eigenvalue weighted by Gasteiger charge is 2.41. The van der Waals surface area contributed by atoms with Crippen molar-refractivity contribution < 1.29 is 17.9 Å². The second-order valence-electron chi connectivity index (χ2n) is 4.68. The predicted octanol–water partition coefficient (Wildman–Crippen LogP) is 2.16. The maximum Gasteiger partial charge on any atom is 0.247 e. The fraction of sp³-hybridized carbons (Fsp3) is 0.133. The number of carbonyl (C=O) groups excluding carboxylic acids is 1. The number of sulfone groups is 1. The SMILES string of the molecule is COc1ccc2c(c1)C(S(=O)(=O)c1ccccc1)C(=O)N2. The summed E-state index contributed by atoms with van der Waals surface area (Å²) in [6.07, 6.45) is 0. The van der Waals surface area contributed by atoms with Gasteiger partial charge in [0.2, 0.25) is 5.91 Å². The van der Waals surface area contributed by atoms with E-state index in [2.05, 4.69) is 5.32 Å². The van der Waals surface area contributed by atoms with Crippen molar-refractivity contribution in [2.75, 3.05) is 12.4 Å². The van der Waals surface area contributed by atoms with E-state index in [9.17, 15) is 13.2 Å². The van der Waals surface area contributed by atoms with Gasteiger partial charge in [0, 0.05) is 11.3 Å². The first-order valence-electron chi connectivity index (χ1n) is 6.32. The maximum absolute atomic E-state index is 12.7. The molecule has 1 N–H and O–H groups in total. The molecule has 0 saturated heterocycles. The Hall–Kier alpha value is -2.34. The zero-order valence-corrected chi connectivity index (χ0v) is 12.1. The Balaban J connectivity index is 2.14. The van der Waals surface area contributed by atoms with Crippen LogP contribution in [0.5, 0.6) is 5.75 Å². The van der Waals surface area contributed by atoms with Crippen molar-refractivity contribution in [3.63, 3.8) is 0 Å². The summed E-state index contributed by atoms with van der Waals surface area (Å²) in [5.41, 5.74) is 0.925. The first-order valence-corrected chi connectivity index (χ1v) is 7.86. The Morgan fingerprint density at radius 2 is 1.81 bits per heavy atom. The number of nitrogens with one attached hydrogen (secondary N) is 1. The Labute approximate surface area is 122 Å². The minimum Gasteiger partial charge on any atom is -0.497 e. The van der Waals surface area contributed by atoms with Gasteiger partial charge in [0.05, 0.1) is 12.0 Å². The number of methoxy groups -OCH3 is 1. The van der Waals surface area contributed by atoms with Gasteiger partial charge in [0.25, 0.3) is 0 Å². The molecule has 1 unspecified atom stereocenters. The Morgan fingerprint density at radius 3 is 2.48 bits per heavy atom. The lowest BCUT2D eigenvalue weighted by atomic mass is 10.1. The lowest BCUT2D eigenvalue weighted by Crippen LogP contribution is -2.21. The van der Waals surface area contributed by atoms with E-state index in [4.69, 9.17) is 4.74 Å². The number of fused-ring (bicyclic) bond motifs is 1. The van der Waals surface area contributed by atoms with E-state index >= 15 is 0 Å². The molecule has 108 valence electrons. The summed E-state index contributed by atoms with van der Waals surface area (Å²) in [4.78, 5) is 12.2. The van der Waals surface area contributed by atoms with Crippen molar-refractivity contribution in [3.8, 4) is 5.75 Å². The summed E-state index contributed by atoms with van der Waals surface area (Å²) in [6.45, 7) is 0. The molecular formula is C15H13NO4S. The molecule has 2 aromatic rings. The fourth-order valence-electron chi connectivity index (χ4n) is 2.39. The van der Waals surface area contributed by atoms with Gasteiger partial charge in [-0.1, -0.05) is 18.2 Å². The topological polar surface area (TPSA) is 72.5 Å². The molecule has 0 aromatic heterocycles. The van der Waals surface area contributed by atoms with Crippen LogP contribution < -0.4 is 10.1 Å². The van der Waals surface area contributed by atoms with Gasteiger partial charge in [0.1, 0.15) is 5.75 Å². The zero-order chi connectivity index (χ0) is 15.0. The fourth-order valence-corrected chi connectivity index (χ4v) is 4.07. The monoisotopic (exact) mass is 303 g/mol. The molecule has 0 spiro atoms. The van der Waals surface area contributed by atoms with Gasteiger partial charge in [0.15, 0.2) is 15.1 Å². The standard InChI is InChI=1S/C15H13NO4S/c1-20-10-7-8-13-12(9-10)14(15(17)16-13)21(18,19)11-5-3-2-4-6-11/h2-9,14H,1H3,(H,16,17). The van der Waals surface area contributed by atoms with Crippen LogP contribution in [0.4, 0.5) is 5.69 Å². The Kier molecular flexibility index (Phi) is 3.17. The number of hydrogen-bond donors (Lipinski definition) is 1. The van der Waals surface area contributed by atoms with Gasteiger partial charge >= 0.3 is 0 Å². The first-order chi connectivity index (χ1) is 10.0. The average molecular weight is 303 g/mol. The quantitative estimate of drug-likeness (QED) is 0.943. The minimum absolute atomic E-state index is 0.126. The van der Waals surface area contributed by atoms with E-state index in [0.29, 0.717) is 17.0 Å². The summed E-state index contributed by atoms with van der Waals surface area (Å²) in [5.74, 6) is -0.0272. The van der Waals surface area contributed by atoms with E-state index in [1.165, 1.54) is 19.2 Å². The third-order valence-electron chi connectivity index (χ3n) is 3.42. The summed E-state index contributed by atoms with van der Waals surface area (Å²) < 4.78 is 30.5. The largest absolute Gasteiger partial charge is 0.497 e. The number of anilines is 1. The van der Waals surface area contributed by atoms with Crippen LogP contribution in [-0.4, -0.2) is 21.4 Å². The predicted molar refractivity (Wildman–Crippen MR) is 78.0 cm³/mol. The molecule has 5 nitrogen and oxygen atoms in total. The van der Waals surface area contributed by atoms with Gasteiger partial charge < -0.3 is 10.1 Å². The van der Waals surface area contributed by atoms with Gasteiger partial charge in [-0.2, -0.15) is 0 Å². The molecule has 0 aliphatic carbocycles. The third-order valence-corrected chi connectivity index (χ3v) is 5.44. The molecule has 1 atom stereocenters. The molecule has 1 aliphatic rings. The van der Waals surface area contributed by atoms with Gasteiger partial charge in [-0.15, -0.1) is 0 Å². The first kappa shape index (κ1) is 13.6. The van der Waals surface area contributed by atoms with E-state index in [1.807, 2.05) is 0 Å². The molecule has 1 amide bonds. The second-order valence-corrected chi connectivity index (χ2v) is 6.71. The van der Waals surface area contributed by atoms with Crippen LogP contribution in [0.3, 0.4) is 0 Å². The van der Waals surface area contributed by atoms with E-state index in [0.717, 1.165) is 0 Å². The van der Waals surface area contributed by atoms with Crippen LogP contribution in [0.15, 0.2) is 53.4 Å². The molecule has 0 fully saturated rings. The highest BCUT2D eigenvalue weighted by atomic mass is 32.2. The van der Waals surface area contributed by atoms with Crippen LogP contribution in [-0.2, 0) is 14.6 Å². The van der Waals surface area contributed by atoms with Gasteiger partial charge in [-0.05, 0) is 30.3 Å². The highest BCUT2D eigenvalue weighted by Crippen LogP contribution is 2.40. The third kappa shape index (κ3) is 2.17. The zero-order valence-electron chi connectivity index (χ0n) is 11.2. The van der Waals surface area contributed by atoms with Crippen molar-refractivity contribution in [1.29, 1.82) is 0 Å². The van der Waals surface area contributed by atoms with Crippen molar-refractivity contribution in [2.24, 2.45) is 0 Å². The Morgan fingerprint density at radius 1 is 1.10 bits per heavy atom. The van der Waals surface area contributed by atoms with Crippen molar-refractivity contribution >= 4 is 21.4 Å². The van der Waals surface area contributed by atoms with Crippen molar-refractivity contribution in [2.45, 2.75) is 10.1 Å². The maximum atomic E-state index is 12.7. The molecule has 0 bridgehead atoms. The van der Waals surface area contributed by atoms with Crippen LogP contribution in [0, 0.1) is 0 Å². The summed E-state index contributed by atoms with van der Waals surface area (Å²) in [6, 6.07) is 12.9. The lowest BCUT2D eigenvalue weighted by molar-refractivity contribution is -0.115. The number of amides is 1. The van der Waals surface area contributed by atoms with Crippen molar-refractivity contribution in [1.82, 2.24) is 0 Å². The molecule has 1 heterocycles. The Bertz CT molecular complexity index is 800. The summed E-state index contributed by atoms with van der Waals surface area (Å²) in [7, 11) is -2.30. The molecule has 3 rings (SSSR count). The number of hydrogen-bond acceptors (Lipinski definition) is 4. The molecule has 21 heavy (non-hydrogen) atoms. The molecular weight excluding hydrogens is 290 g/mol. The van der Waals surface area contributed by atoms with E-state index < -0.39 is 21.0 Å². The number of benzene rings is 2. The average Bonchev–Trinajstić information content (AvgIpc) is 2.83. The van der Waals surface area contributed by atoms with E-state index in [1.54, 1.807) is 36.4 Å². The smallest absolute Gasteiger partial charge is 0.247 e. The molecule has 2 aromatic carbocycles. The van der Waals surface area contributed by atoms with Gasteiger partial charge in [-0.25, -0.2) is 8.42 Å². The minimum atomic E-state index is -3.79. The summed E-state index contributed by atoms with van der Waals surface area (Å²) >= 11 is 0. The molecule has 0 saturated carbocycles. The van der Waals surface area contributed by atoms with Gasteiger partial charge in [-0.3, -0.25) is 4.79 Å². The molecule has 6 heteroatoms. The van der Waals surface area contributed by atoms with Crippen LogP contribution >= 0.6 is 0 Å². The molecule has 0 radical (unpaired) electrons. The number of ether oxygens (including phenoxy) is 1. The normalized spacial score (nSPS) is 17.2.